The van der Waals surface area contributed by atoms with Gasteiger partial charge in [0.05, 0.1) is 14.2 Å². The van der Waals surface area contributed by atoms with Crippen LogP contribution >= 0.6 is 0 Å². The van der Waals surface area contributed by atoms with Crippen molar-refractivity contribution in [3.63, 3.8) is 0 Å². The lowest BCUT2D eigenvalue weighted by molar-refractivity contribution is -0.117. The highest BCUT2D eigenvalue weighted by molar-refractivity contribution is 5.96. The van der Waals surface area contributed by atoms with Gasteiger partial charge < -0.3 is 14.8 Å². The van der Waals surface area contributed by atoms with Crippen LogP contribution in [0.5, 0.6) is 11.5 Å². The maximum atomic E-state index is 13.1. The highest BCUT2D eigenvalue weighted by Gasteiger charge is 2.27. The first kappa shape index (κ1) is 19.3. The molecule has 0 aliphatic carbocycles. The van der Waals surface area contributed by atoms with Gasteiger partial charge in [0.25, 0.3) is 0 Å². The van der Waals surface area contributed by atoms with E-state index >= 15 is 0 Å². The van der Waals surface area contributed by atoms with Gasteiger partial charge in [0, 0.05) is 11.8 Å². The third-order valence-electron chi connectivity index (χ3n) is 4.56. The smallest absolute Gasteiger partial charge is 0.235 e. The van der Waals surface area contributed by atoms with Gasteiger partial charge in [-0.3, -0.25) is 4.79 Å². The van der Waals surface area contributed by atoms with E-state index in [1.165, 1.54) is 0 Å². The summed E-state index contributed by atoms with van der Waals surface area (Å²) in [6, 6.07) is 11.4. The number of tetrazole rings is 1. The molecule has 2 N–H and O–H groups in total. The van der Waals surface area contributed by atoms with E-state index in [9.17, 15) is 4.79 Å². The second-order valence-corrected chi connectivity index (χ2v) is 6.51. The molecule has 1 atom stereocenters. The molecule has 1 heterocycles. The normalized spacial score (nSPS) is 11.7. The number of amides is 1. The van der Waals surface area contributed by atoms with E-state index in [0.717, 1.165) is 22.4 Å². The lowest BCUT2D eigenvalue weighted by Crippen LogP contribution is -2.24. The summed E-state index contributed by atoms with van der Waals surface area (Å²) in [6.45, 7) is 3.93. The molecule has 8 nitrogen and oxygen atoms in total. The first-order chi connectivity index (χ1) is 13.5. The molecule has 0 radical (unpaired) electrons. The van der Waals surface area contributed by atoms with Gasteiger partial charge in [-0.25, -0.2) is 0 Å². The topological polar surface area (TPSA) is 102 Å². The Kier molecular flexibility index (Phi) is 5.88. The van der Waals surface area contributed by atoms with Crippen molar-refractivity contribution in [2.45, 2.75) is 26.2 Å². The molecule has 3 rings (SSSR count). The number of ether oxygens (including phenoxy) is 2. The second kappa shape index (κ2) is 8.51. The molecule has 0 aliphatic heterocycles. The summed E-state index contributed by atoms with van der Waals surface area (Å²) in [5, 5.41) is 17.1. The minimum atomic E-state index is -0.638. The summed E-state index contributed by atoms with van der Waals surface area (Å²) in [5.74, 6) is 0.776. The Hall–Kier alpha value is -3.42. The molecular weight excluding hydrogens is 358 g/mol. The minimum absolute atomic E-state index is 0.215. The molecule has 3 aromatic rings. The summed E-state index contributed by atoms with van der Waals surface area (Å²) in [4.78, 5) is 13.1. The summed E-state index contributed by atoms with van der Waals surface area (Å²) in [6.07, 6.45) is 0.351. The van der Waals surface area contributed by atoms with Crippen LogP contribution in [-0.2, 0) is 11.2 Å². The molecule has 0 unspecified atom stereocenters. The van der Waals surface area contributed by atoms with Crippen LogP contribution in [-0.4, -0.2) is 40.8 Å². The zero-order valence-electron chi connectivity index (χ0n) is 16.3. The monoisotopic (exact) mass is 381 g/mol. The molecule has 0 fully saturated rings. The van der Waals surface area contributed by atoms with Gasteiger partial charge in [-0.1, -0.05) is 23.4 Å². The highest BCUT2D eigenvalue weighted by atomic mass is 16.5. The zero-order valence-corrected chi connectivity index (χ0v) is 16.3. The van der Waals surface area contributed by atoms with Crippen molar-refractivity contribution in [2.24, 2.45) is 0 Å². The number of aryl methyl sites for hydroxylation is 2. The number of carbonyl (C=O) groups excluding carboxylic acids is 1. The lowest BCUT2D eigenvalue weighted by atomic mass is 9.96. The Balaban J connectivity index is 1.90. The van der Waals surface area contributed by atoms with Crippen molar-refractivity contribution >= 4 is 11.6 Å². The van der Waals surface area contributed by atoms with E-state index in [0.29, 0.717) is 23.7 Å². The molecule has 0 saturated carbocycles. The second-order valence-electron chi connectivity index (χ2n) is 6.51. The van der Waals surface area contributed by atoms with E-state index in [-0.39, 0.29) is 5.91 Å². The summed E-state index contributed by atoms with van der Waals surface area (Å²) in [7, 11) is 3.17. The van der Waals surface area contributed by atoms with Crippen LogP contribution in [0.2, 0.25) is 0 Å². The van der Waals surface area contributed by atoms with Gasteiger partial charge in [-0.15, -0.1) is 10.2 Å². The van der Waals surface area contributed by atoms with Crippen LogP contribution in [0.3, 0.4) is 0 Å². The van der Waals surface area contributed by atoms with Gasteiger partial charge in [0.15, 0.2) is 5.82 Å². The van der Waals surface area contributed by atoms with Crippen molar-refractivity contribution < 1.29 is 14.3 Å². The van der Waals surface area contributed by atoms with Crippen LogP contribution < -0.4 is 14.8 Å². The fourth-order valence-corrected chi connectivity index (χ4v) is 2.95. The Morgan fingerprint density at radius 1 is 1.14 bits per heavy atom. The number of methoxy groups -OCH3 is 2. The molecule has 0 bridgehead atoms. The molecule has 0 saturated heterocycles. The molecule has 1 aromatic heterocycles. The Morgan fingerprint density at radius 2 is 1.96 bits per heavy atom. The average molecular weight is 381 g/mol. The minimum Gasteiger partial charge on any atom is -0.497 e. The van der Waals surface area contributed by atoms with Crippen LogP contribution in [0.25, 0.3) is 0 Å². The molecule has 8 heteroatoms. The third-order valence-corrected chi connectivity index (χ3v) is 4.56. The standard InChI is InChI=1S/C20H23N5O3/c1-12-5-6-13(2)17(9-12)21-20(26)16(19-22-24-25-23-19)10-14-7-8-15(27-3)11-18(14)28-4/h5-9,11,16H,10H2,1-4H3,(H,21,26)(H,22,23,24,25)/t16-/m1/s1. The number of rotatable bonds is 7. The number of anilines is 1. The van der Waals surface area contributed by atoms with Crippen molar-refractivity contribution in [2.75, 3.05) is 19.5 Å². The van der Waals surface area contributed by atoms with Gasteiger partial charge in [-0.2, -0.15) is 5.21 Å². The Bertz CT molecular complexity index is 956. The number of carbonyl (C=O) groups is 1. The highest BCUT2D eigenvalue weighted by Crippen LogP contribution is 2.30. The number of nitrogens with one attached hydrogen (secondary N) is 2. The largest absolute Gasteiger partial charge is 0.497 e. The number of hydrogen-bond acceptors (Lipinski definition) is 6. The SMILES string of the molecule is COc1ccc(C[C@@H](C(=O)Nc2cc(C)ccc2C)c2nn[nH]n2)c(OC)c1. The molecule has 146 valence electrons. The quantitative estimate of drug-likeness (QED) is 0.652. The molecule has 0 spiro atoms. The predicted octanol–water partition coefficient (Wildman–Crippen LogP) is 2.80. The van der Waals surface area contributed by atoms with Crippen molar-refractivity contribution in [1.82, 2.24) is 20.6 Å². The number of aromatic nitrogens is 4. The summed E-state index contributed by atoms with van der Waals surface area (Å²) in [5.41, 5.74) is 3.65. The third kappa shape index (κ3) is 4.28. The Labute approximate surface area is 163 Å². The average Bonchev–Trinajstić information content (AvgIpc) is 3.23. The van der Waals surface area contributed by atoms with Crippen LogP contribution in [0.15, 0.2) is 36.4 Å². The van der Waals surface area contributed by atoms with Crippen molar-refractivity contribution in [1.29, 1.82) is 0 Å². The van der Waals surface area contributed by atoms with Crippen LogP contribution in [0.1, 0.15) is 28.4 Å². The van der Waals surface area contributed by atoms with E-state index in [4.69, 9.17) is 9.47 Å². The van der Waals surface area contributed by atoms with Crippen LogP contribution in [0.4, 0.5) is 5.69 Å². The fourth-order valence-electron chi connectivity index (χ4n) is 2.95. The van der Waals surface area contributed by atoms with Gasteiger partial charge >= 0.3 is 0 Å². The van der Waals surface area contributed by atoms with Crippen molar-refractivity contribution in [3.05, 3.63) is 58.9 Å². The van der Waals surface area contributed by atoms with Gasteiger partial charge in [0.2, 0.25) is 5.91 Å². The van der Waals surface area contributed by atoms with E-state index < -0.39 is 5.92 Å². The van der Waals surface area contributed by atoms with Gasteiger partial charge in [0.1, 0.15) is 17.4 Å². The molecule has 28 heavy (non-hydrogen) atoms. The molecular formula is C20H23N5O3. The first-order valence-electron chi connectivity index (χ1n) is 8.84. The predicted molar refractivity (Wildman–Crippen MR) is 105 cm³/mol. The molecule has 2 aromatic carbocycles. The number of aromatic amines is 1. The maximum Gasteiger partial charge on any atom is 0.235 e. The van der Waals surface area contributed by atoms with E-state index in [1.807, 2.05) is 44.2 Å². The van der Waals surface area contributed by atoms with Crippen LogP contribution in [0, 0.1) is 13.8 Å². The summed E-state index contributed by atoms with van der Waals surface area (Å²) < 4.78 is 10.7. The number of hydrogen-bond donors (Lipinski definition) is 2. The Morgan fingerprint density at radius 3 is 2.64 bits per heavy atom. The number of H-pyrrole nitrogens is 1. The van der Waals surface area contributed by atoms with E-state index in [2.05, 4.69) is 25.9 Å². The first-order valence-corrected chi connectivity index (χ1v) is 8.84. The maximum absolute atomic E-state index is 13.1. The van der Waals surface area contributed by atoms with E-state index in [1.54, 1.807) is 20.3 Å². The fraction of sp³-hybridized carbons (Fsp3) is 0.300. The van der Waals surface area contributed by atoms with Crippen molar-refractivity contribution in [3.8, 4) is 11.5 Å². The number of nitrogens with zero attached hydrogens (tertiary/aromatic N) is 3. The summed E-state index contributed by atoms with van der Waals surface area (Å²) >= 11 is 0. The van der Waals surface area contributed by atoms with Gasteiger partial charge in [-0.05, 0) is 49.1 Å². The molecule has 0 aliphatic rings. The number of benzene rings is 2. The molecule has 1 amide bonds. The zero-order chi connectivity index (χ0) is 20.1. The lowest BCUT2D eigenvalue weighted by Gasteiger charge is -2.17.